The Morgan fingerprint density at radius 3 is 2.91 bits per heavy atom. The van der Waals surface area contributed by atoms with Crippen molar-refractivity contribution in [2.75, 3.05) is 6.61 Å². The van der Waals surface area contributed by atoms with Crippen LogP contribution < -0.4 is 0 Å². The first-order valence-corrected chi connectivity index (χ1v) is 9.65. The zero-order valence-electron chi connectivity index (χ0n) is 7.01. The second-order valence-electron chi connectivity index (χ2n) is 3.53. The second kappa shape index (κ2) is 3.78. The van der Waals surface area contributed by atoms with E-state index in [0.717, 1.165) is 6.61 Å². The van der Waals surface area contributed by atoms with Crippen molar-refractivity contribution in [3.05, 3.63) is 0 Å². The molecule has 2 aliphatic heterocycles. The average Bonchev–Trinajstić information content (AvgIpc) is 2.58. The lowest BCUT2D eigenvalue weighted by Crippen LogP contribution is -2.34. The SMILES string of the molecule is C1=[Si]([SiH]2CCCCO2)CCC1. The minimum absolute atomic E-state index is 0.0212. The lowest BCUT2D eigenvalue weighted by atomic mass is 10.4. The van der Waals surface area contributed by atoms with Gasteiger partial charge in [0.1, 0.15) is 0 Å². The van der Waals surface area contributed by atoms with Gasteiger partial charge in [-0.05, 0) is 31.4 Å². The number of hydrogen-bond acceptors (Lipinski definition) is 1. The predicted molar refractivity (Wildman–Crippen MR) is 53.0 cm³/mol. The van der Waals surface area contributed by atoms with Crippen molar-refractivity contribution in [2.45, 2.75) is 37.8 Å². The van der Waals surface area contributed by atoms with Crippen molar-refractivity contribution in [2.24, 2.45) is 0 Å². The summed E-state index contributed by atoms with van der Waals surface area (Å²) in [6.07, 6.45) is 5.68. The van der Waals surface area contributed by atoms with Crippen LogP contribution in [-0.4, -0.2) is 28.8 Å². The standard InChI is InChI=1S/C8H16OSi2/c1-2-8-11(9-5-1)10-6-3-4-7-10/h6,11H,1-5,7-8H2. The van der Waals surface area contributed by atoms with Gasteiger partial charge in [-0.3, -0.25) is 0 Å². The maximum atomic E-state index is 5.91. The Labute approximate surface area is 71.5 Å². The third kappa shape index (κ3) is 1.89. The summed E-state index contributed by atoms with van der Waals surface area (Å²) in [6.45, 7) is 1.10. The van der Waals surface area contributed by atoms with Gasteiger partial charge in [0.15, 0.2) is 8.56 Å². The van der Waals surface area contributed by atoms with Crippen LogP contribution in [0.2, 0.25) is 12.1 Å². The van der Waals surface area contributed by atoms with Gasteiger partial charge >= 0.3 is 0 Å². The minimum Gasteiger partial charge on any atom is -0.420 e. The van der Waals surface area contributed by atoms with E-state index >= 15 is 0 Å². The molecule has 0 aromatic rings. The highest BCUT2D eigenvalue weighted by molar-refractivity contribution is 7.21. The van der Waals surface area contributed by atoms with E-state index in [1.54, 1.807) is 6.04 Å². The molecule has 0 saturated carbocycles. The van der Waals surface area contributed by atoms with Gasteiger partial charge in [-0.25, -0.2) is 0 Å². The Morgan fingerprint density at radius 2 is 2.27 bits per heavy atom. The fraction of sp³-hybridized carbons (Fsp3) is 0.875. The zero-order chi connectivity index (χ0) is 7.52. The van der Waals surface area contributed by atoms with Crippen LogP contribution in [0.5, 0.6) is 0 Å². The topological polar surface area (TPSA) is 9.23 Å². The predicted octanol–water partition coefficient (Wildman–Crippen LogP) is 1.27. The molecule has 1 fully saturated rings. The van der Waals surface area contributed by atoms with Gasteiger partial charge in [0.2, 0.25) is 0 Å². The number of rotatable bonds is 1. The molecule has 0 radical (unpaired) electrons. The minimum atomic E-state index is -0.632. The van der Waals surface area contributed by atoms with Crippen LogP contribution in [0.3, 0.4) is 0 Å². The first-order chi connectivity index (χ1) is 5.47. The van der Waals surface area contributed by atoms with Crippen LogP contribution in [-0.2, 0) is 4.43 Å². The maximum absolute atomic E-state index is 5.91. The quantitative estimate of drug-likeness (QED) is 0.558. The molecule has 2 aliphatic rings. The zero-order valence-corrected chi connectivity index (χ0v) is 9.17. The summed E-state index contributed by atoms with van der Waals surface area (Å²) in [5.41, 5.74) is 2.63. The van der Waals surface area contributed by atoms with Gasteiger partial charge in [0.25, 0.3) is 0 Å². The van der Waals surface area contributed by atoms with Crippen molar-refractivity contribution < 1.29 is 4.43 Å². The summed E-state index contributed by atoms with van der Waals surface area (Å²) < 4.78 is 5.91. The van der Waals surface area contributed by atoms with Crippen LogP contribution >= 0.6 is 0 Å². The van der Waals surface area contributed by atoms with Crippen LogP contribution in [0.4, 0.5) is 0 Å². The lowest BCUT2D eigenvalue weighted by molar-refractivity contribution is 0.298. The second-order valence-corrected chi connectivity index (χ2v) is 11.6. The maximum Gasteiger partial charge on any atom is 0.181 e. The largest absolute Gasteiger partial charge is 0.420 e. The van der Waals surface area contributed by atoms with Crippen LogP contribution in [0.1, 0.15) is 25.7 Å². The molecule has 62 valence electrons. The summed E-state index contributed by atoms with van der Waals surface area (Å²) in [6, 6.07) is 3.03. The molecule has 1 nitrogen and oxygen atoms in total. The van der Waals surface area contributed by atoms with E-state index in [-0.39, 0.29) is 7.93 Å². The van der Waals surface area contributed by atoms with Crippen LogP contribution in [0, 0.1) is 0 Å². The van der Waals surface area contributed by atoms with Gasteiger partial charge in [-0.1, -0.05) is 6.42 Å². The Hall–Kier alpha value is 0.264. The van der Waals surface area contributed by atoms with E-state index in [4.69, 9.17) is 4.43 Å². The Balaban J connectivity index is 1.92. The average molecular weight is 184 g/mol. The van der Waals surface area contributed by atoms with Crippen molar-refractivity contribution in [1.82, 2.24) is 0 Å². The van der Waals surface area contributed by atoms with Crippen LogP contribution in [0.25, 0.3) is 0 Å². The van der Waals surface area contributed by atoms with Crippen molar-refractivity contribution in [3.8, 4) is 0 Å². The van der Waals surface area contributed by atoms with Gasteiger partial charge in [0, 0.05) is 14.5 Å². The molecule has 0 aliphatic carbocycles. The molecule has 1 unspecified atom stereocenters. The highest BCUT2D eigenvalue weighted by atomic mass is 29.2. The third-order valence-electron chi connectivity index (χ3n) is 2.67. The van der Waals surface area contributed by atoms with E-state index in [2.05, 4.69) is 5.67 Å². The highest BCUT2D eigenvalue weighted by Crippen LogP contribution is 2.16. The summed E-state index contributed by atoms with van der Waals surface area (Å²) in [5, 5.41) is 0. The van der Waals surface area contributed by atoms with Gasteiger partial charge < -0.3 is 4.43 Å². The van der Waals surface area contributed by atoms with Gasteiger partial charge in [-0.15, -0.1) is 5.67 Å². The normalized spacial score (nSPS) is 32.0. The molecule has 11 heavy (non-hydrogen) atoms. The van der Waals surface area contributed by atoms with E-state index in [9.17, 15) is 0 Å². The van der Waals surface area contributed by atoms with Gasteiger partial charge in [0.05, 0.1) is 0 Å². The van der Waals surface area contributed by atoms with Crippen molar-refractivity contribution in [1.29, 1.82) is 0 Å². The van der Waals surface area contributed by atoms with E-state index in [1.807, 2.05) is 0 Å². The third-order valence-corrected chi connectivity index (χ3v) is 12.2. The van der Waals surface area contributed by atoms with Crippen molar-refractivity contribution in [3.63, 3.8) is 0 Å². The summed E-state index contributed by atoms with van der Waals surface area (Å²) in [5.74, 6) is 0. The summed E-state index contributed by atoms with van der Waals surface area (Å²) in [4.78, 5) is 0. The molecule has 1 saturated heterocycles. The molecule has 0 aromatic carbocycles. The summed E-state index contributed by atoms with van der Waals surface area (Å²) in [7, 11) is -0.653. The molecule has 0 aromatic heterocycles. The monoisotopic (exact) mass is 184 g/mol. The molecule has 1 atom stereocenters. The Morgan fingerprint density at radius 1 is 1.27 bits per heavy atom. The molecule has 3 heteroatoms. The molecule has 0 spiro atoms. The Bertz CT molecular complexity index is 161. The summed E-state index contributed by atoms with van der Waals surface area (Å²) >= 11 is 0. The molecule has 2 rings (SSSR count). The van der Waals surface area contributed by atoms with E-state index in [0.29, 0.717) is 0 Å². The lowest BCUT2D eigenvalue weighted by Gasteiger charge is -2.21. The molecular weight excluding hydrogens is 168 g/mol. The van der Waals surface area contributed by atoms with Crippen molar-refractivity contribution >= 4 is 22.2 Å². The number of hydrogen-bond donors (Lipinski definition) is 0. The first kappa shape index (κ1) is 7.89. The van der Waals surface area contributed by atoms with E-state index < -0.39 is 8.56 Å². The van der Waals surface area contributed by atoms with E-state index in [1.165, 1.54) is 31.7 Å². The smallest absolute Gasteiger partial charge is 0.181 e. The van der Waals surface area contributed by atoms with Crippen LogP contribution in [0.15, 0.2) is 0 Å². The molecule has 2 heterocycles. The highest BCUT2D eigenvalue weighted by Gasteiger charge is 2.22. The fourth-order valence-corrected chi connectivity index (χ4v) is 11.4. The molecule has 0 N–H and O–H groups in total. The molecule has 0 bridgehead atoms. The molecule has 0 amide bonds. The van der Waals surface area contributed by atoms with Gasteiger partial charge in [-0.2, -0.15) is 0 Å². The Kier molecular flexibility index (Phi) is 2.71. The fourth-order valence-electron chi connectivity index (χ4n) is 2.02. The molecular formula is C8H16OSi2. The first-order valence-electron chi connectivity index (χ1n) is 4.77.